The van der Waals surface area contributed by atoms with Gasteiger partial charge in [-0.1, -0.05) is 0 Å². The van der Waals surface area contributed by atoms with Gasteiger partial charge in [0.05, 0.1) is 12.1 Å². The van der Waals surface area contributed by atoms with Crippen LogP contribution in [0.15, 0.2) is 0 Å². The number of hydrogen-bond donors (Lipinski definition) is 1. The standard InChI is InChI=1S/C9H19F2NO2/c1-8(2,13-3)4-5-14-7-9(10,11)6-12/h4-7,12H2,1-3H3. The molecule has 0 aliphatic heterocycles. The lowest BCUT2D eigenvalue weighted by Gasteiger charge is -2.23. The van der Waals surface area contributed by atoms with Gasteiger partial charge in [0, 0.05) is 13.7 Å². The first-order chi connectivity index (χ1) is 6.33. The Morgan fingerprint density at radius 2 is 1.86 bits per heavy atom. The molecule has 0 spiro atoms. The molecule has 5 heteroatoms. The summed E-state index contributed by atoms with van der Waals surface area (Å²) in [7, 11) is 1.58. The van der Waals surface area contributed by atoms with Crippen molar-refractivity contribution >= 4 is 0 Å². The summed E-state index contributed by atoms with van der Waals surface area (Å²) in [6, 6.07) is 0. The van der Waals surface area contributed by atoms with Crippen LogP contribution in [-0.2, 0) is 9.47 Å². The van der Waals surface area contributed by atoms with E-state index in [0.29, 0.717) is 6.42 Å². The van der Waals surface area contributed by atoms with Gasteiger partial charge in [-0.2, -0.15) is 0 Å². The van der Waals surface area contributed by atoms with Gasteiger partial charge in [-0.05, 0) is 20.3 Å². The summed E-state index contributed by atoms with van der Waals surface area (Å²) in [5.41, 5.74) is 4.51. The van der Waals surface area contributed by atoms with E-state index in [-0.39, 0.29) is 12.2 Å². The summed E-state index contributed by atoms with van der Waals surface area (Å²) in [6.07, 6.45) is 0.574. The van der Waals surface area contributed by atoms with Crippen molar-refractivity contribution in [3.63, 3.8) is 0 Å². The first-order valence-electron chi connectivity index (χ1n) is 4.54. The molecule has 0 amide bonds. The van der Waals surface area contributed by atoms with Crippen LogP contribution in [0.5, 0.6) is 0 Å². The van der Waals surface area contributed by atoms with Crippen LogP contribution in [-0.4, -0.2) is 38.4 Å². The van der Waals surface area contributed by atoms with Crippen molar-refractivity contribution in [1.29, 1.82) is 0 Å². The van der Waals surface area contributed by atoms with E-state index >= 15 is 0 Å². The minimum atomic E-state index is -2.92. The maximum Gasteiger partial charge on any atom is 0.282 e. The molecule has 3 nitrogen and oxygen atoms in total. The van der Waals surface area contributed by atoms with E-state index in [2.05, 4.69) is 0 Å². The number of rotatable bonds is 7. The molecule has 14 heavy (non-hydrogen) atoms. The molecule has 0 bridgehead atoms. The van der Waals surface area contributed by atoms with Crippen molar-refractivity contribution in [2.75, 3.05) is 26.9 Å². The lowest BCUT2D eigenvalue weighted by Crippen LogP contribution is -2.34. The Hall–Kier alpha value is -0.260. The third-order valence-electron chi connectivity index (χ3n) is 2.01. The maximum absolute atomic E-state index is 12.6. The second-order valence-corrected chi connectivity index (χ2v) is 3.83. The molecule has 0 aromatic heterocycles. The lowest BCUT2D eigenvalue weighted by molar-refractivity contribution is -0.0819. The van der Waals surface area contributed by atoms with E-state index in [1.165, 1.54) is 0 Å². The smallest absolute Gasteiger partial charge is 0.282 e. The van der Waals surface area contributed by atoms with Crippen LogP contribution in [0, 0.1) is 0 Å². The van der Waals surface area contributed by atoms with Gasteiger partial charge in [0.2, 0.25) is 0 Å². The fourth-order valence-corrected chi connectivity index (χ4v) is 0.700. The number of methoxy groups -OCH3 is 1. The summed E-state index contributed by atoms with van der Waals surface area (Å²) in [5, 5.41) is 0. The SMILES string of the molecule is COC(C)(C)CCOCC(F)(F)CN. The van der Waals surface area contributed by atoms with Gasteiger partial charge in [0.25, 0.3) is 5.92 Å². The molecule has 0 aliphatic rings. The minimum Gasteiger partial charge on any atom is -0.379 e. The topological polar surface area (TPSA) is 44.5 Å². The molecule has 2 N–H and O–H groups in total. The number of nitrogens with two attached hydrogens (primary N) is 1. The average molecular weight is 211 g/mol. The highest BCUT2D eigenvalue weighted by Gasteiger charge is 2.27. The molecule has 86 valence electrons. The second-order valence-electron chi connectivity index (χ2n) is 3.83. The molecule has 0 aliphatic carbocycles. The minimum absolute atomic E-state index is 0.246. The van der Waals surface area contributed by atoms with Crippen LogP contribution in [0.2, 0.25) is 0 Å². The summed E-state index contributed by atoms with van der Waals surface area (Å²) >= 11 is 0. The number of alkyl halides is 2. The summed E-state index contributed by atoms with van der Waals surface area (Å²) < 4.78 is 35.1. The molecule has 0 unspecified atom stereocenters. The molecule has 0 heterocycles. The number of halogens is 2. The van der Waals surface area contributed by atoms with Gasteiger partial charge in [0.1, 0.15) is 6.61 Å². The zero-order valence-corrected chi connectivity index (χ0v) is 8.98. The van der Waals surface area contributed by atoms with Crippen molar-refractivity contribution in [3.8, 4) is 0 Å². The van der Waals surface area contributed by atoms with Crippen LogP contribution in [0.25, 0.3) is 0 Å². The molecule has 0 aromatic rings. The van der Waals surface area contributed by atoms with E-state index in [1.54, 1.807) is 7.11 Å². The first-order valence-corrected chi connectivity index (χ1v) is 4.54. The van der Waals surface area contributed by atoms with Gasteiger partial charge in [-0.3, -0.25) is 0 Å². The van der Waals surface area contributed by atoms with Gasteiger partial charge < -0.3 is 15.2 Å². The monoisotopic (exact) mass is 211 g/mol. The summed E-state index contributed by atoms with van der Waals surface area (Å²) in [6.45, 7) is 2.69. The summed E-state index contributed by atoms with van der Waals surface area (Å²) in [5.74, 6) is -2.92. The van der Waals surface area contributed by atoms with E-state index in [4.69, 9.17) is 15.2 Å². The molecule has 0 fully saturated rings. The van der Waals surface area contributed by atoms with Gasteiger partial charge in [-0.25, -0.2) is 8.78 Å². The quantitative estimate of drug-likeness (QED) is 0.647. The Kier molecular flexibility index (Phi) is 5.48. The van der Waals surface area contributed by atoms with Crippen LogP contribution in [0.1, 0.15) is 20.3 Å². The van der Waals surface area contributed by atoms with E-state index in [0.717, 1.165) is 0 Å². The van der Waals surface area contributed by atoms with E-state index < -0.39 is 19.1 Å². The Bertz CT molecular complexity index is 145. The predicted octanol–water partition coefficient (Wildman–Crippen LogP) is 1.41. The summed E-state index contributed by atoms with van der Waals surface area (Å²) in [4.78, 5) is 0. The van der Waals surface area contributed by atoms with Gasteiger partial charge in [-0.15, -0.1) is 0 Å². The molecule has 0 atom stereocenters. The van der Waals surface area contributed by atoms with E-state index in [9.17, 15) is 8.78 Å². The van der Waals surface area contributed by atoms with Crippen LogP contribution in [0.4, 0.5) is 8.78 Å². The molecular formula is C9H19F2NO2. The molecule has 0 rings (SSSR count). The van der Waals surface area contributed by atoms with Gasteiger partial charge in [0.15, 0.2) is 0 Å². The van der Waals surface area contributed by atoms with Crippen LogP contribution in [0.3, 0.4) is 0 Å². The highest BCUT2D eigenvalue weighted by Crippen LogP contribution is 2.15. The molecule has 0 radical (unpaired) electrons. The fourth-order valence-electron chi connectivity index (χ4n) is 0.700. The zero-order chi connectivity index (χ0) is 11.2. The van der Waals surface area contributed by atoms with Crippen molar-refractivity contribution in [2.24, 2.45) is 5.73 Å². The van der Waals surface area contributed by atoms with Crippen molar-refractivity contribution in [3.05, 3.63) is 0 Å². The Balaban J connectivity index is 3.57. The molecule has 0 saturated carbocycles. The van der Waals surface area contributed by atoms with Crippen LogP contribution >= 0.6 is 0 Å². The third kappa shape index (κ3) is 6.23. The largest absolute Gasteiger partial charge is 0.379 e. The maximum atomic E-state index is 12.6. The molecule has 0 saturated heterocycles. The Morgan fingerprint density at radius 3 is 2.29 bits per heavy atom. The Morgan fingerprint density at radius 1 is 1.29 bits per heavy atom. The van der Waals surface area contributed by atoms with E-state index in [1.807, 2.05) is 13.8 Å². The Labute approximate surface area is 83.6 Å². The second kappa shape index (κ2) is 5.58. The number of hydrogen-bond acceptors (Lipinski definition) is 3. The first kappa shape index (κ1) is 13.7. The number of ether oxygens (including phenoxy) is 2. The van der Waals surface area contributed by atoms with Crippen molar-refractivity contribution in [2.45, 2.75) is 31.8 Å². The highest BCUT2D eigenvalue weighted by molar-refractivity contribution is 4.68. The zero-order valence-electron chi connectivity index (χ0n) is 8.98. The van der Waals surface area contributed by atoms with Crippen molar-refractivity contribution in [1.82, 2.24) is 0 Å². The fraction of sp³-hybridized carbons (Fsp3) is 1.00. The van der Waals surface area contributed by atoms with Crippen molar-refractivity contribution < 1.29 is 18.3 Å². The third-order valence-corrected chi connectivity index (χ3v) is 2.01. The molecule has 0 aromatic carbocycles. The highest BCUT2D eigenvalue weighted by atomic mass is 19.3. The average Bonchev–Trinajstić information content (AvgIpc) is 2.13. The van der Waals surface area contributed by atoms with Gasteiger partial charge >= 0.3 is 0 Å². The van der Waals surface area contributed by atoms with Crippen LogP contribution < -0.4 is 5.73 Å². The normalized spacial score (nSPS) is 13.3. The molecular weight excluding hydrogens is 192 g/mol. The predicted molar refractivity (Wildman–Crippen MR) is 50.5 cm³/mol. The lowest BCUT2D eigenvalue weighted by atomic mass is 10.1.